The summed E-state index contributed by atoms with van der Waals surface area (Å²) in [7, 11) is 0. The van der Waals surface area contributed by atoms with Crippen LogP contribution in [0.5, 0.6) is 0 Å². The molecule has 0 fully saturated rings. The number of anilines is 1. The SMILES string of the molecule is CCCC(C)c1nc(C(C)C)n(C(C)C)c1N. The van der Waals surface area contributed by atoms with E-state index in [9.17, 15) is 0 Å². The molecule has 0 amide bonds. The van der Waals surface area contributed by atoms with Gasteiger partial charge in [0, 0.05) is 17.9 Å². The van der Waals surface area contributed by atoms with E-state index < -0.39 is 0 Å². The number of nitrogen functional groups attached to an aromatic ring is 1. The quantitative estimate of drug-likeness (QED) is 0.838. The van der Waals surface area contributed by atoms with Crippen LogP contribution < -0.4 is 5.73 Å². The molecule has 3 nitrogen and oxygen atoms in total. The van der Waals surface area contributed by atoms with Gasteiger partial charge in [0.15, 0.2) is 0 Å². The van der Waals surface area contributed by atoms with Crippen molar-refractivity contribution in [1.29, 1.82) is 0 Å². The van der Waals surface area contributed by atoms with Crippen molar-refractivity contribution in [2.75, 3.05) is 5.73 Å². The number of imidazole rings is 1. The molecule has 1 heterocycles. The second-order valence-corrected chi connectivity index (χ2v) is 5.55. The maximum atomic E-state index is 6.27. The summed E-state index contributed by atoms with van der Waals surface area (Å²) in [6, 6.07) is 0.377. The molecule has 1 atom stereocenters. The number of rotatable bonds is 5. The molecule has 0 aliphatic rings. The highest BCUT2D eigenvalue weighted by atomic mass is 15.2. The van der Waals surface area contributed by atoms with E-state index in [-0.39, 0.29) is 0 Å². The molecule has 1 aromatic rings. The Bertz CT molecular complexity index is 364. The van der Waals surface area contributed by atoms with Crippen LogP contribution in [0.15, 0.2) is 0 Å². The van der Waals surface area contributed by atoms with Crippen LogP contribution >= 0.6 is 0 Å². The third kappa shape index (κ3) is 2.82. The second kappa shape index (κ2) is 5.56. The van der Waals surface area contributed by atoms with Crippen molar-refractivity contribution in [2.45, 2.75) is 72.3 Å². The standard InChI is InChI=1S/C14H27N3/c1-7-8-11(6)12-13(15)17(10(4)5)14(16-12)9(2)3/h9-11H,7-8,15H2,1-6H3. The Labute approximate surface area is 105 Å². The Morgan fingerprint density at radius 2 is 1.76 bits per heavy atom. The maximum absolute atomic E-state index is 6.27. The van der Waals surface area contributed by atoms with Crippen LogP contribution in [0.4, 0.5) is 5.82 Å². The van der Waals surface area contributed by atoms with Gasteiger partial charge in [-0.15, -0.1) is 0 Å². The topological polar surface area (TPSA) is 43.8 Å². The van der Waals surface area contributed by atoms with E-state index in [0.29, 0.717) is 17.9 Å². The summed E-state index contributed by atoms with van der Waals surface area (Å²) < 4.78 is 2.19. The van der Waals surface area contributed by atoms with Crippen LogP contribution in [-0.2, 0) is 0 Å². The van der Waals surface area contributed by atoms with E-state index >= 15 is 0 Å². The molecule has 3 heteroatoms. The highest BCUT2D eigenvalue weighted by molar-refractivity contribution is 5.41. The summed E-state index contributed by atoms with van der Waals surface area (Å²) in [5, 5.41) is 0. The largest absolute Gasteiger partial charge is 0.384 e. The summed E-state index contributed by atoms with van der Waals surface area (Å²) in [5.74, 6) is 2.86. The smallest absolute Gasteiger partial charge is 0.127 e. The van der Waals surface area contributed by atoms with E-state index in [2.05, 4.69) is 46.1 Å². The minimum Gasteiger partial charge on any atom is -0.384 e. The van der Waals surface area contributed by atoms with Crippen LogP contribution in [0.1, 0.15) is 83.8 Å². The lowest BCUT2D eigenvalue weighted by molar-refractivity contribution is 0.556. The predicted molar refractivity (Wildman–Crippen MR) is 74.4 cm³/mol. The molecule has 0 radical (unpaired) electrons. The molecule has 0 bridgehead atoms. The molecule has 1 unspecified atom stereocenters. The number of nitrogens with zero attached hydrogens (tertiary/aromatic N) is 2. The number of aromatic nitrogens is 2. The number of hydrogen-bond acceptors (Lipinski definition) is 2. The highest BCUT2D eigenvalue weighted by Gasteiger charge is 2.21. The van der Waals surface area contributed by atoms with Gasteiger partial charge < -0.3 is 10.3 Å². The molecular weight excluding hydrogens is 210 g/mol. The first-order valence-corrected chi connectivity index (χ1v) is 6.77. The zero-order valence-corrected chi connectivity index (χ0v) is 12.1. The van der Waals surface area contributed by atoms with Crippen molar-refractivity contribution < 1.29 is 0 Å². The van der Waals surface area contributed by atoms with Gasteiger partial charge in [0.1, 0.15) is 11.6 Å². The zero-order valence-electron chi connectivity index (χ0n) is 12.1. The lowest BCUT2D eigenvalue weighted by atomic mass is 10.0. The van der Waals surface area contributed by atoms with Crippen LogP contribution in [0, 0.1) is 0 Å². The fourth-order valence-electron chi connectivity index (χ4n) is 2.36. The van der Waals surface area contributed by atoms with Crippen molar-refractivity contribution in [3.63, 3.8) is 0 Å². The molecule has 0 aromatic carbocycles. The van der Waals surface area contributed by atoms with Crippen LogP contribution in [0.25, 0.3) is 0 Å². The number of hydrogen-bond donors (Lipinski definition) is 1. The molecule has 2 N–H and O–H groups in total. The fraction of sp³-hybridized carbons (Fsp3) is 0.786. The predicted octanol–water partition coefficient (Wildman–Crippen LogP) is 4.07. The van der Waals surface area contributed by atoms with Crippen molar-refractivity contribution >= 4 is 5.82 Å². The third-order valence-electron chi connectivity index (χ3n) is 3.23. The van der Waals surface area contributed by atoms with Gasteiger partial charge in [0.2, 0.25) is 0 Å². The first-order chi connectivity index (χ1) is 7.90. The first kappa shape index (κ1) is 14.1. The molecule has 0 aliphatic heterocycles. The van der Waals surface area contributed by atoms with Gasteiger partial charge in [-0.25, -0.2) is 4.98 Å². The zero-order chi connectivity index (χ0) is 13.2. The maximum Gasteiger partial charge on any atom is 0.127 e. The minimum atomic E-state index is 0.377. The molecule has 0 saturated heterocycles. The molecule has 1 rings (SSSR count). The van der Waals surface area contributed by atoms with Gasteiger partial charge in [0.05, 0.1) is 5.69 Å². The first-order valence-electron chi connectivity index (χ1n) is 6.77. The van der Waals surface area contributed by atoms with Crippen LogP contribution in [0.2, 0.25) is 0 Å². The molecule has 17 heavy (non-hydrogen) atoms. The molecule has 0 aliphatic carbocycles. The summed E-state index contributed by atoms with van der Waals surface area (Å²) in [5.41, 5.74) is 7.36. The Hall–Kier alpha value is -0.990. The van der Waals surface area contributed by atoms with E-state index in [1.54, 1.807) is 0 Å². The van der Waals surface area contributed by atoms with Crippen molar-refractivity contribution in [1.82, 2.24) is 9.55 Å². The lowest BCUT2D eigenvalue weighted by Gasteiger charge is -2.15. The average Bonchev–Trinajstić information content (AvgIpc) is 2.56. The summed E-state index contributed by atoms with van der Waals surface area (Å²) in [6.45, 7) is 13.1. The normalized spacial score (nSPS) is 13.6. The van der Waals surface area contributed by atoms with Crippen molar-refractivity contribution in [3.8, 4) is 0 Å². The Balaban J connectivity index is 3.21. The minimum absolute atomic E-state index is 0.377. The lowest BCUT2D eigenvalue weighted by Crippen LogP contribution is -2.11. The average molecular weight is 237 g/mol. The van der Waals surface area contributed by atoms with E-state index in [0.717, 1.165) is 23.8 Å². The molecule has 0 saturated carbocycles. The summed E-state index contributed by atoms with van der Waals surface area (Å²) in [6.07, 6.45) is 2.32. The molecule has 0 spiro atoms. The van der Waals surface area contributed by atoms with E-state index in [1.807, 2.05) is 0 Å². The molecule has 1 aromatic heterocycles. The Morgan fingerprint density at radius 3 is 2.12 bits per heavy atom. The van der Waals surface area contributed by atoms with Gasteiger partial charge >= 0.3 is 0 Å². The van der Waals surface area contributed by atoms with E-state index in [4.69, 9.17) is 10.7 Å². The molecule has 98 valence electrons. The summed E-state index contributed by atoms with van der Waals surface area (Å²) in [4.78, 5) is 4.79. The van der Waals surface area contributed by atoms with Crippen LogP contribution in [-0.4, -0.2) is 9.55 Å². The highest BCUT2D eigenvalue weighted by Crippen LogP contribution is 2.31. The summed E-state index contributed by atoms with van der Waals surface area (Å²) >= 11 is 0. The third-order valence-corrected chi connectivity index (χ3v) is 3.23. The Morgan fingerprint density at radius 1 is 1.18 bits per heavy atom. The van der Waals surface area contributed by atoms with E-state index in [1.165, 1.54) is 6.42 Å². The van der Waals surface area contributed by atoms with Crippen molar-refractivity contribution in [3.05, 3.63) is 11.5 Å². The number of nitrogens with two attached hydrogens (primary N) is 1. The van der Waals surface area contributed by atoms with Crippen molar-refractivity contribution in [2.24, 2.45) is 0 Å². The van der Waals surface area contributed by atoms with Gasteiger partial charge in [-0.2, -0.15) is 0 Å². The van der Waals surface area contributed by atoms with Gasteiger partial charge in [-0.3, -0.25) is 0 Å². The second-order valence-electron chi connectivity index (χ2n) is 5.55. The fourth-order valence-corrected chi connectivity index (χ4v) is 2.36. The van der Waals surface area contributed by atoms with Crippen LogP contribution in [0.3, 0.4) is 0 Å². The Kier molecular flexibility index (Phi) is 4.61. The molecular formula is C14H27N3. The van der Waals surface area contributed by atoms with Gasteiger partial charge in [-0.05, 0) is 20.3 Å². The van der Waals surface area contributed by atoms with Gasteiger partial charge in [0.25, 0.3) is 0 Å². The monoisotopic (exact) mass is 237 g/mol. The van der Waals surface area contributed by atoms with Gasteiger partial charge in [-0.1, -0.05) is 34.1 Å².